The van der Waals surface area contributed by atoms with Crippen molar-refractivity contribution in [3.8, 4) is 0 Å². The highest BCUT2D eigenvalue weighted by atomic mass is 16.6. The van der Waals surface area contributed by atoms with Crippen LogP contribution in [0.2, 0.25) is 0 Å². The zero-order chi connectivity index (χ0) is 25.1. The van der Waals surface area contributed by atoms with Crippen LogP contribution >= 0.6 is 0 Å². The average molecular weight is 479 g/mol. The smallest absolute Gasteiger partial charge is 0.312 e. The van der Waals surface area contributed by atoms with Crippen molar-refractivity contribution in [1.29, 1.82) is 0 Å². The van der Waals surface area contributed by atoms with Gasteiger partial charge in [0.15, 0.2) is 0 Å². The van der Waals surface area contributed by atoms with Gasteiger partial charge in [0.25, 0.3) is 0 Å². The number of aliphatic hydroxyl groups is 1. The van der Waals surface area contributed by atoms with Crippen LogP contribution in [0.15, 0.2) is 12.7 Å². The minimum absolute atomic E-state index is 0.0675. The van der Waals surface area contributed by atoms with Gasteiger partial charge in [0.1, 0.15) is 17.6 Å². The lowest BCUT2D eigenvalue weighted by atomic mass is 9.65. The summed E-state index contributed by atoms with van der Waals surface area (Å²) in [4.78, 5) is 44.5. The third-order valence-electron chi connectivity index (χ3n) is 7.99. The second-order valence-electron chi connectivity index (χ2n) is 10.1. The van der Waals surface area contributed by atoms with Gasteiger partial charge in [0.05, 0.1) is 18.1 Å². The Bertz CT molecular complexity index is 785. The minimum Gasteiger partial charge on any atom is -0.466 e. The number of fused-ring (bicyclic) bond motifs is 1. The van der Waals surface area contributed by atoms with Crippen LogP contribution in [0, 0.1) is 11.8 Å². The normalized spacial score (nSPS) is 31.8. The largest absolute Gasteiger partial charge is 0.466 e. The fraction of sp³-hybridized carbons (Fsp3) is 0.808. The predicted octanol–water partition coefficient (Wildman–Crippen LogP) is 2.68. The molecule has 2 amide bonds. The monoisotopic (exact) mass is 478 g/mol. The molecule has 2 unspecified atom stereocenters. The van der Waals surface area contributed by atoms with Crippen molar-refractivity contribution >= 4 is 17.8 Å². The number of rotatable bonds is 13. The molecule has 8 nitrogen and oxygen atoms in total. The highest BCUT2D eigenvalue weighted by molar-refractivity contribution is 5.98. The maximum absolute atomic E-state index is 14.0. The molecule has 8 heteroatoms. The van der Waals surface area contributed by atoms with Crippen LogP contribution in [0.25, 0.3) is 0 Å². The Morgan fingerprint density at radius 1 is 1.26 bits per heavy atom. The van der Waals surface area contributed by atoms with Crippen LogP contribution in [0.5, 0.6) is 0 Å². The lowest BCUT2D eigenvalue weighted by molar-refractivity contribution is -0.161. The van der Waals surface area contributed by atoms with Gasteiger partial charge in [-0.2, -0.15) is 0 Å². The fourth-order valence-electron chi connectivity index (χ4n) is 6.43. The van der Waals surface area contributed by atoms with Crippen molar-refractivity contribution in [3.63, 3.8) is 0 Å². The highest BCUT2D eigenvalue weighted by Crippen LogP contribution is 2.64. The molecule has 0 aromatic carbocycles. The Kier molecular flexibility index (Phi) is 8.45. The Morgan fingerprint density at radius 3 is 2.56 bits per heavy atom. The van der Waals surface area contributed by atoms with Crippen LogP contribution < -0.4 is 0 Å². The van der Waals surface area contributed by atoms with Crippen LogP contribution in [-0.4, -0.2) is 82.3 Å². The van der Waals surface area contributed by atoms with Crippen molar-refractivity contribution in [2.24, 2.45) is 11.8 Å². The van der Waals surface area contributed by atoms with E-state index in [0.717, 1.165) is 25.7 Å². The molecule has 3 heterocycles. The number of hydrogen-bond acceptors (Lipinski definition) is 6. The number of carbonyl (C=O) groups excluding carboxylic acids is 3. The Hall–Kier alpha value is -1.93. The molecule has 3 rings (SSSR count). The molecule has 0 aromatic heterocycles. The first kappa shape index (κ1) is 26.7. The van der Waals surface area contributed by atoms with Gasteiger partial charge >= 0.3 is 5.97 Å². The quantitative estimate of drug-likeness (QED) is 0.248. The molecule has 1 N–H and O–H groups in total. The zero-order valence-electron chi connectivity index (χ0n) is 21.3. The summed E-state index contributed by atoms with van der Waals surface area (Å²) < 4.78 is 12.1. The Balaban J connectivity index is 2.01. The summed E-state index contributed by atoms with van der Waals surface area (Å²) >= 11 is 0. The second-order valence-corrected chi connectivity index (χ2v) is 10.1. The van der Waals surface area contributed by atoms with Crippen LogP contribution in [0.1, 0.15) is 72.6 Å². The predicted molar refractivity (Wildman–Crippen MR) is 128 cm³/mol. The number of nitrogens with zero attached hydrogens (tertiary/aromatic N) is 2. The molecule has 0 aliphatic carbocycles. The zero-order valence-corrected chi connectivity index (χ0v) is 21.3. The first-order valence-corrected chi connectivity index (χ1v) is 12.9. The van der Waals surface area contributed by atoms with E-state index in [4.69, 9.17) is 14.6 Å². The molecule has 34 heavy (non-hydrogen) atoms. The lowest BCUT2D eigenvalue weighted by Gasteiger charge is -2.38. The molecule has 3 aliphatic heterocycles. The number of carbonyl (C=O) groups is 3. The van der Waals surface area contributed by atoms with E-state index in [9.17, 15) is 14.4 Å². The number of esters is 1. The van der Waals surface area contributed by atoms with Gasteiger partial charge < -0.3 is 24.4 Å². The maximum Gasteiger partial charge on any atom is 0.312 e. The van der Waals surface area contributed by atoms with Crippen molar-refractivity contribution in [3.05, 3.63) is 12.7 Å². The molecule has 3 aliphatic rings. The van der Waals surface area contributed by atoms with Crippen LogP contribution in [-0.2, 0) is 23.9 Å². The molecular weight excluding hydrogens is 436 g/mol. The molecule has 3 fully saturated rings. The van der Waals surface area contributed by atoms with E-state index in [1.54, 1.807) is 22.8 Å². The molecule has 192 valence electrons. The fourth-order valence-corrected chi connectivity index (χ4v) is 6.43. The SMILES string of the molecule is C=CCN(C(=O)C1N(CCCCCCO)C(=O)[C@@H]2[C@H](C(=O)OCC)[C@]3(CC)CCC12O3)C(C)C. The van der Waals surface area contributed by atoms with Gasteiger partial charge in [-0.25, -0.2) is 0 Å². The highest BCUT2D eigenvalue weighted by Gasteiger charge is 2.79. The third-order valence-corrected chi connectivity index (χ3v) is 7.99. The summed E-state index contributed by atoms with van der Waals surface area (Å²) in [5, 5.41) is 9.07. The summed E-state index contributed by atoms with van der Waals surface area (Å²) in [6, 6.07) is -0.833. The lowest BCUT2D eigenvalue weighted by Crippen LogP contribution is -2.57. The maximum atomic E-state index is 14.0. The molecule has 1 spiro atoms. The molecule has 0 aromatic rings. The number of hydrogen-bond donors (Lipinski definition) is 1. The summed E-state index contributed by atoms with van der Waals surface area (Å²) in [7, 11) is 0. The molecule has 2 bridgehead atoms. The number of unbranched alkanes of at least 4 members (excludes halogenated alkanes) is 3. The van der Waals surface area contributed by atoms with Crippen LogP contribution in [0.3, 0.4) is 0 Å². The topological polar surface area (TPSA) is 96.4 Å². The van der Waals surface area contributed by atoms with E-state index in [-0.39, 0.29) is 31.1 Å². The second kappa shape index (κ2) is 10.8. The van der Waals surface area contributed by atoms with Crippen molar-refractivity contribution in [2.75, 3.05) is 26.3 Å². The van der Waals surface area contributed by atoms with E-state index in [0.29, 0.717) is 32.4 Å². The number of likely N-dealkylation sites (tertiary alicyclic amines) is 1. The van der Waals surface area contributed by atoms with E-state index >= 15 is 0 Å². The van der Waals surface area contributed by atoms with Gasteiger partial charge in [0, 0.05) is 25.7 Å². The van der Waals surface area contributed by atoms with Gasteiger partial charge in [-0.3, -0.25) is 14.4 Å². The molecule has 3 saturated heterocycles. The average Bonchev–Trinajstić information content (AvgIpc) is 3.40. The third kappa shape index (κ3) is 4.28. The van der Waals surface area contributed by atoms with Gasteiger partial charge in [-0.15, -0.1) is 6.58 Å². The van der Waals surface area contributed by atoms with E-state index in [1.165, 1.54) is 0 Å². The van der Waals surface area contributed by atoms with Crippen molar-refractivity contribution < 1.29 is 29.0 Å². The molecule has 0 saturated carbocycles. The summed E-state index contributed by atoms with van der Waals surface area (Å²) in [6.45, 7) is 12.6. The summed E-state index contributed by atoms with van der Waals surface area (Å²) in [6.07, 6.45) is 6.65. The Morgan fingerprint density at radius 2 is 1.97 bits per heavy atom. The summed E-state index contributed by atoms with van der Waals surface area (Å²) in [5.74, 6) is -2.11. The molecular formula is C26H42N2O6. The first-order chi connectivity index (χ1) is 16.2. The molecule has 5 atom stereocenters. The summed E-state index contributed by atoms with van der Waals surface area (Å²) in [5.41, 5.74) is -1.78. The minimum atomic E-state index is -1.01. The van der Waals surface area contributed by atoms with Gasteiger partial charge in [-0.05, 0) is 52.9 Å². The van der Waals surface area contributed by atoms with Gasteiger partial charge in [-0.1, -0.05) is 25.8 Å². The van der Waals surface area contributed by atoms with Crippen LogP contribution in [0.4, 0.5) is 0 Å². The molecule has 0 radical (unpaired) electrons. The van der Waals surface area contributed by atoms with Crippen molar-refractivity contribution in [2.45, 2.75) is 95.9 Å². The van der Waals surface area contributed by atoms with E-state index < -0.39 is 35.0 Å². The Labute approximate surface area is 203 Å². The number of aliphatic hydroxyl groups excluding tert-OH is 1. The van der Waals surface area contributed by atoms with Crippen molar-refractivity contribution in [1.82, 2.24) is 9.80 Å². The number of ether oxygens (including phenoxy) is 2. The van der Waals surface area contributed by atoms with E-state index in [1.807, 2.05) is 20.8 Å². The number of amides is 2. The van der Waals surface area contributed by atoms with E-state index in [2.05, 4.69) is 6.58 Å². The van der Waals surface area contributed by atoms with Gasteiger partial charge in [0.2, 0.25) is 11.8 Å². The standard InChI is InChI=1S/C26H42N2O6/c1-6-15-27(18(4)5)23(31)21-26-14-13-25(7-2,34-26)20(24(32)33-8-3)19(26)22(30)28(21)16-11-9-10-12-17-29/h6,18-21,29H,1,7-17H2,2-5H3/t19-,20+,21?,25-,26?/m0/s1. The first-order valence-electron chi connectivity index (χ1n) is 12.9.